The molecule has 276 valence electrons. The third kappa shape index (κ3) is 9.57. The molecule has 0 aliphatic heterocycles. The number of carbonyl (C=O) groups is 3. The van der Waals surface area contributed by atoms with E-state index in [1.807, 2.05) is 26.8 Å². The first kappa shape index (κ1) is 39.2. The number of amides is 3. The van der Waals surface area contributed by atoms with Gasteiger partial charge in [-0.05, 0) is 134 Å². The van der Waals surface area contributed by atoms with Crippen molar-refractivity contribution in [2.24, 2.45) is 5.41 Å². The number of alkyl carbamates (subject to hydrolysis) is 2. The summed E-state index contributed by atoms with van der Waals surface area (Å²) in [7, 11) is 3.51. The molecule has 0 saturated heterocycles. The van der Waals surface area contributed by atoms with Crippen LogP contribution in [0.15, 0.2) is 30.3 Å². The highest BCUT2D eigenvalue weighted by Crippen LogP contribution is 2.68. The van der Waals surface area contributed by atoms with Crippen LogP contribution in [-0.2, 0) is 29.2 Å². The quantitative estimate of drug-likeness (QED) is 0.172. The van der Waals surface area contributed by atoms with Crippen LogP contribution in [0.1, 0.15) is 109 Å². The summed E-state index contributed by atoms with van der Waals surface area (Å²) >= 11 is 0. The van der Waals surface area contributed by atoms with Gasteiger partial charge in [0.1, 0.15) is 17.2 Å². The molecule has 1 fully saturated rings. The smallest absolute Gasteiger partial charge is 0.408 e. The van der Waals surface area contributed by atoms with Crippen LogP contribution < -0.4 is 16.0 Å². The number of aryl methyl sites for hydroxylation is 2. The molecule has 1 unspecified atom stereocenters. The van der Waals surface area contributed by atoms with Crippen LogP contribution >= 0.6 is 0 Å². The topological polar surface area (TPSA) is 124 Å². The maximum absolute atomic E-state index is 14.1. The Morgan fingerprint density at radius 1 is 0.800 bits per heavy atom. The van der Waals surface area contributed by atoms with Gasteiger partial charge in [-0.25, -0.2) is 9.59 Å². The fraction of sp³-hybridized carbons (Fsp3) is 0.625. The van der Waals surface area contributed by atoms with Crippen LogP contribution in [0.25, 0.3) is 11.1 Å². The number of fused-ring (bicyclic) bond motifs is 5. The van der Waals surface area contributed by atoms with Crippen molar-refractivity contribution in [2.75, 3.05) is 39.3 Å². The van der Waals surface area contributed by atoms with Crippen LogP contribution in [0, 0.1) is 19.3 Å². The van der Waals surface area contributed by atoms with E-state index >= 15 is 0 Å². The lowest BCUT2D eigenvalue weighted by Crippen LogP contribution is -2.50. The molecule has 50 heavy (non-hydrogen) atoms. The molecule has 2 aliphatic rings. The minimum atomic E-state index is -0.852. The van der Waals surface area contributed by atoms with Crippen molar-refractivity contribution in [2.45, 2.75) is 123 Å². The molecule has 10 heteroatoms. The van der Waals surface area contributed by atoms with Crippen molar-refractivity contribution < 1.29 is 33.3 Å². The number of hydrogen-bond donors (Lipinski definition) is 3. The first-order chi connectivity index (χ1) is 23.4. The summed E-state index contributed by atoms with van der Waals surface area (Å²) in [5, 5.41) is 8.80. The predicted molar refractivity (Wildman–Crippen MR) is 197 cm³/mol. The molecule has 4 rings (SSSR count). The van der Waals surface area contributed by atoms with Crippen molar-refractivity contribution >= 4 is 23.8 Å². The molecule has 2 aromatic rings. The Bertz CT molecular complexity index is 1520. The zero-order valence-electron chi connectivity index (χ0n) is 31.9. The predicted octanol–water partition coefficient (Wildman–Crippen LogP) is 7.95. The number of rotatable bonds is 14. The Morgan fingerprint density at radius 3 is 2.00 bits per heavy atom. The maximum Gasteiger partial charge on any atom is 0.408 e. The van der Waals surface area contributed by atoms with E-state index in [1.54, 1.807) is 35.0 Å². The summed E-state index contributed by atoms with van der Waals surface area (Å²) in [5.41, 5.74) is 6.34. The third-order valence-electron chi connectivity index (χ3n) is 9.64. The van der Waals surface area contributed by atoms with Gasteiger partial charge in [0.2, 0.25) is 5.91 Å². The molecule has 3 N–H and O–H groups in total. The van der Waals surface area contributed by atoms with E-state index < -0.39 is 29.4 Å². The van der Waals surface area contributed by atoms with E-state index in [4.69, 9.17) is 18.9 Å². The number of nitrogens with one attached hydrogen (secondary N) is 3. The second kappa shape index (κ2) is 15.7. The summed E-state index contributed by atoms with van der Waals surface area (Å²) in [4.78, 5) is 39.1. The zero-order valence-corrected chi connectivity index (χ0v) is 31.9. The Kier molecular flexibility index (Phi) is 12.3. The normalized spacial score (nSPS) is 16.1. The Hall–Kier alpha value is -3.63. The molecular formula is C40H59N3O7. The average molecular weight is 694 g/mol. The molecular weight excluding hydrogens is 634 g/mol. The van der Waals surface area contributed by atoms with Crippen molar-refractivity contribution in [3.8, 4) is 11.1 Å². The van der Waals surface area contributed by atoms with Crippen molar-refractivity contribution in [1.82, 2.24) is 10.6 Å². The first-order valence-corrected chi connectivity index (χ1v) is 17.9. The van der Waals surface area contributed by atoms with Gasteiger partial charge in [0.05, 0.1) is 0 Å². The highest BCUT2D eigenvalue weighted by atomic mass is 16.6. The van der Waals surface area contributed by atoms with Gasteiger partial charge in [-0.3, -0.25) is 4.79 Å². The van der Waals surface area contributed by atoms with E-state index in [1.165, 1.54) is 16.7 Å². The largest absolute Gasteiger partial charge is 0.444 e. The number of unbranched alkanes of at least 4 members (excludes halogenated alkanes) is 1. The van der Waals surface area contributed by atoms with Crippen LogP contribution in [0.4, 0.5) is 15.3 Å². The maximum atomic E-state index is 14.1. The van der Waals surface area contributed by atoms with Gasteiger partial charge in [0.15, 0.2) is 0 Å². The fourth-order valence-corrected chi connectivity index (χ4v) is 7.61. The number of carbonyl (C=O) groups excluding carboxylic acids is 3. The monoisotopic (exact) mass is 693 g/mol. The highest BCUT2D eigenvalue weighted by Gasteiger charge is 2.59. The molecule has 3 amide bonds. The summed E-state index contributed by atoms with van der Waals surface area (Å²) in [6, 6.07) is 10.1. The minimum absolute atomic E-state index is 0.0998. The van der Waals surface area contributed by atoms with Crippen LogP contribution in [-0.4, -0.2) is 69.3 Å². The highest BCUT2D eigenvalue weighted by molar-refractivity contribution is 6.02. The Labute approximate surface area is 298 Å². The summed E-state index contributed by atoms with van der Waals surface area (Å²) < 4.78 is 21.9. The van der Waals surface area contributed by atoms with Gasteiger partial charge >= 0.3 is 12.2 Å². The lowest BCUT2D eigenvalue weighted by molar-refractivity contribution is -0.118. The molecule has 1 atom stereocenters. The number of anilines is 1. The number of hydrogen-bond acceptors (Lipinski definition) is 7. The summed E-state index contributed by atoms with van der Waals surface area (Å²) in [6.45, 7) is 16.8. The van der Waals surface area contributed by atoms with Gasteiger partial charge in [0.25, 0.3) is 0 Å². The molecule has 2 aromatic carbocycles. The van der Waals surface area contributed by atoms with Crippen molar-refractivity contribution in [1.29, 1.82) is 0 Å². The zero-order chi connectivity index (χ0) is 36.9. The lowest BCUT2D eigenvalue weighted by Gasteiger charge is -2.56. The second-order valence-corrected chi connectivity index (χ2v) is 16.3. The molecule has 10 nitrogen and oxygen atoms in total. The standard InChI is InChI=1S/C40H59N3O7/c1-26-14-15-28-29(21-26)40(24-39(25-40,16-19-47-9)17-20-48-10)30-22-27(2)23-32(33(28)30)42-34(44)31(43-36(46)50-38(6,7)8)13-11-12-18-41-35(45)49-37(3,4)5/h14-15,21-23,31H,11-13,16-20,24-25H2,1-10H3,(H,41,45)(H,42,44)(H,43,46). The molecule has 0 aromatic heterocycles. The molecule has 1 spiro atoms. The molecule has 1 saturated carbocycles. The van der Waals surface area contributed by atoms with Crippen molar-refractivity contribution in [3.05, 3.63) is 52.6 Å². The van der Waals surface area contributed by atoms with Gasteiger partial charge in [-0.2, -0.15) is 0 Å². The molecule has 0 heterocycles. The Morgan fingerprint density at radius 2 is 1.40 bits per heavy atom. The average Bonchev–Trinajstić information content (AvgIpc) is 3.24. The van der Waals surface area contributed by atoms with E-state index in [9.17, 15) is 14.4 Å². The third-order valence-corrected chi connectivity index (χ3v) is 9.64. The van der Waals surface area contributed by atoms with E-state index in [0.29, 0.717) is 39.0 Å². The summed E-state index contributed by atoms with van der Waals surface area (Å²) in [5.74, 6) is -0.318. The van der Waals surface area contributed by atoms with Gasteiger partial charge in [-0.15, -0.1) is 0 Å². The fourth-order valence-electron chi connectivity index (χ4n) is 7.61. The van der Waals surface area contributed by atoms with Gasteiger partial charge < -0.3 is 34.9 Å². The van der Waals surface area contributed by atoms with Gasteiger partial charge in [-0.1, -0.05) is 29.8 Å². The van der Waals surface area contributed by atoms with Crippen molar-refractivity contribution in [3.63, 3.8) is 0 Å². The Balaban J connectivity index is 1.60. The SMILES string of the molecule is COCCC1(CCOC)CC2(C1)c1cc(C)ccc1-c1c(NC(=O)C(CCCCNC(=O)OC(C)(C)C)NC(=O)OC(C)(C)C)cc(C)cc12. The van der Waals surface area contributed by atoms with E-state index in [0.717, 1.165) is 48.1 Å². The first-order valence-electron chi connectivity index (χ1n) is 17.9. The lowest BCUT2D eigenvalue weighted by atomic mass is 9.47. The van der Waals surface area contributed by atoms with Gasteiger partial charge in [0, 0.05) is 50.6 Å². The molecule has 0 bridgehead atoms. The second-order valence-electron chi connectivity index (χ2n) is 16.3. The minimum Gasteiger partial charge on any atom is -0.444 e. The number of benzene rings is 2. The molecule has 2 aliphatic carbocycles. The van der Waals surface area contributed by atoms with Crippen LogP contribution in [0.3, 0.4) is 0 Å². The number of methoxy groups -OCH3 is 2. The molecule has 0 radical (unpaired) electrons. The van der Waals surface area contributed by atoms with Crippen LogP contribution in [0.5, 0.6) is 0 Å². The summed E-state index contributed by atoms with van der Waals surface area (Å²) in [6.07, 6.45) is 4.28. The van der Waals surface area contributed by atoms with E-state index in [-0.39, 0.29) is 16.7 Å². The van der Waals surface area contributed by atoms with Crippen LogP contribution in [0.2, 0.25) is 0 Å². The number of ether oxygens (including phenoxy) is 4. The van der Waals surface area contributed by atoms with E-state index in [2.05, 4.69) is 54.1 Å².